The van der Waals surface area contributed by atoms with Crippen molar-refractivity contribution >= 4 is 5.91 Å². The van der Waals surface area contributed by atoms with E-state index in [-0.39, 0.29) is 6.61 Å². The van der Waals surface area contributed by atoms with Gasteiger partial charge in [0.25, 0.3) is 5.91 Å². The van der Waals surface area contributed by atoms with Gasteiger partial charge in [-0.15, -0.1) is 0 Å². The van der Waals surface area contributed by atoms with Crippen LogP contribution >= 0.6 is 0 Å². The number of rotatable bonds is 31. The molecule has 1 aliphatic rings. The second-order valence-electron chi connectivity index (χ2n) is 13.9. The average Bonchev–Trinajstić information content (AvgIpc) is 3.11. The first-order chi connectivity index (χ1) is 24.3. The molecule has 1 rings (SSSR count). The Bertz CT molecular complexity index is 896. The minimum absolute atomic E-state index is 0.340. The maximum absolute atomic E-state index is 12.9. The molecule has 1 saturated heterocycles. The van der Waals surface area contributed by atoms with Crippen LogP contribution in [0, 0.1) is 0 Å². The summed E-state index contributed by atoms with van der Waals surface area (Å²) in [5.74, 6) is -0.715. The molecule has 1 fully saturated rings. The Hall–Kier alpha value is -1.63. The number of unbranched alkanes of at least 4 members (excludes halogenated alkanes) is 18. The molecule has 0 aromatic heterocycles. The van der Waals surface area contributed by atoms with Crippen molar-refractivity contribution in [2.24, 2.45) is 0 Å². The second-order valence-corrected chi connectivity index (χ2v) is 13.9. The fourth-order valence-corrected chi connectivity index (χ4v) is 5.98. The number of ether oxygens (including phenoxy) is 2. The second kappa shape index (κ2) is 30.9. The summed E-state index contributed by atoms with van der Waals surface area (Å²) < 4.78 is 11.0. The molecule has 0 radical (unpaired) electrons. The Labute approximate surface area is 303 Å². The quantitative estimate of drug-likeness (QED) is 0.0342. The summed E-state index contributed by atoms with van der Waals surface area (Å²) >= 11 is 0. The van der Waals surface area contributed by atoms with Crippen LogP contribution in [0.2, 0.25) is 0 Å². The minimum Gasteiger partial charge on any atom is -0.394 e. The third-order valence-corrected chi connectivity index (χ3v) is 9.31. The fraction of sp³-hybridized carbons (Fsp3) is 0.825. The van der Waals surface area contributed by atoms with Crippen LogP contribution in [0.1, 0.15) is 149 Å². The zero-order valence-corrected chi connectivity index (χ0v) is 31.3. The maximum atomic E-state index is 12.9. The largest absolute Gasteiger partial charge is 0.394 e. The van der Waals surface area contributed by atoms with Crippen LogP contribution in [-0.4, -0.2) is 98.7 Å². The van der Waals surface area contributed by atoms with E-state index in [0.717, 1.165) is 32.1 Å². The number of aliphatic hydroxyl groups is 6. The molecule has 10 heteroatoms. The number of hydrogen-bond acceptors (Lipinski definition) is 9. The summed E-state index contributed by atoms with van der Waals surface area (Å²) in [7, 11) is 0. The van der Waals surface area contributed by atoms with Crippen molar-refractivity contribution in [2.45, 2.75) is 198 Å². The van der Waals surface area contributed by atoms with E-state index in [1.807, 2.05) is 6.08 Å². The summed E-state index contributed by atoms with van der Waals surface area (Å²) in [5.41, 5.74) is 0. The molecule has 0 saturated carbocycles. The zero-order valence-electron chi connectivity index (χ0n) is 31.3. The molecule has 1 aliphatic heterocycles. The molecule has 10 nitrogen and oxygen atoms in total. The van der Waals surface area contributed by atoms with Crippen molar-refractivity contribution in [1.29, 1.82) is 0 Å². The van der Waals surface area contributed by atoms with E-state index < -0.39 is 61.5 Å². The molecule has 0 spiro atoms. The van der Waals surface area contributed by atoms with E-state index in [2.05, 4.69) is 31.3 Å². The highest BCUT2D eigenvalue weighted by Gasteiger charge is 2.44. The highest BCUT2D eigenvalue weighted by Crippen LogP contribution is 2.22. The fourth-order valence-electron chi connectivity index (χ4n) is 5.98. The van der Waals surface area contributed by atoms with Gasteiger partial charge in [-0.05, 0) is 38.5 Å². The highest BCUT2D eigenvalue weighted by molar-refractivity contribution is 5.82. The Morgan fingerprint density at radius 3 is 1.70 bits per heavy atom. The molecule has 8 atom stereocenters. The third kappa shape index (κ3) is 21.7. The van der Waals surface area contributed by atoms with Crippen LogP contribution in [0.15, 0.2) is 36.5 Å². The lowest BCUT2D eigenvalue weighted by Crippen LogP contribution is -2.60. The maximum Gasteiger partial charge on any atom is 0.253 e. The number of nitrogens with one attached hydrogen (secondary N) is 1. The molecule has 1 amide bonds. The molecule has 292 valence electrons. The third-order valence-electron chi connectivity index (χ3n) is 9.31. The SMILES string of the molecule is CCCCCCCCC/C=C/CC/C=C/[C@H](O)[C@@H](CO[C@H]1O[C@@H](CO)[C@H](O)[C@@H](O)[C@@H]1O)NC(=O)[C@H](O)/C=C/CCCCCCCCCCCC. The van der Waals surface area contributed by atoms with E-state index in [1.165, 1.54) is 102 Å². The summed E-state index contributed by atoms with van der Waals surface area (Å²) in [6, 6.07) is -1.02. The molecule has 50 heavy (non-hydrogen) atoms. The molecule has 0 bridgehead atoms. The van der Waals surface area contributed by atoms with Crippen LogP contribution in [-0.2, 0) is 14.3 Å². The summed E-state index contributed by atoms with van der Waals surface area (Å²) in [5, 5.41) is 64.1. The predicted octanol–water partition coefficient (Wildman–Crippen LogP) is 5.91. The van der Waals surface area contributed by atoms with Gasteiger partial charge in [-0.1, -0.05) is 147 Å². The molecule has 1 heterocycles. The lowest BCUT2D eigenvalue weighted by molar-refractivity contribution is -0.302. The van der Waals surface area contributed by atoms with Gasteiger partial charge in [-0.2, -0.15) is 0 Å². The Kier molecular flexibility index (Phi) is 28.7. The van der Waals surface area contributed by atoms with Crippen LogP contribution in [0.25, 0.3) is 0 Å². The van der Waals surface area contributed by atoms with Gasteiger partial charge in [0.05, 0.1) is 25.4 Å². The number of aliphatic hydroxyl groups excluding tert-OH is 6. The first-order valence-electron chi connectivity index (χ1n) is 19.8. The van der Waals surface area contributed by atoms with Crippen LogP contribution in [0.4, 0.5) is 0 Å². The van der Waals surface area contributed by atoms with E-state index in [9.17, 15) is 35.4 Å². The molecule has 7 N–H and O–H groups in total. The van der Waals surface area contributed by atoms with Crippen molar-refractivity contribution in [2.75, 3.05) is 13.2 Å². The van der Waals surface area contributed by atoms with Crippen LogP contribution in [0.3, 0.4) is 0 Å². The van der Waals surface area contributed by atoms with Gasteiger partial charge < -0.3 is 45.4 Å². The smallest absolute Gasteiger partial charge is 0.253 e. The van der Waals surface area contributed by atoms with Crippen molar-refractivity contribution < 1.29 is 44.9 Å². The number of carbonyl (C=O) groups excluding carboxylic acids is 1. The molecular formula is C40H73NO9. The molecule has 0 aliphatic carbocycles. The number of allylic oxidation sites excluding steroid dienone is 4. The van der Waals surface area contributed by atoms with E-state index in [1.54, 1.807) is 12.2 Å². The van der Waals surface area contributed by atoms with Gasteiger partial charge in [0.1, 0.15) is 24.4 Å². The topological polar surface area (TPSA) is 169 Å². The van der Waals surface area contributed by atoms with Gasteiger partial charge in [0.15, 0.2) is 12.4 Å². The normalized spacial score (nSPS) is 23.2. The summed E-state index contributed by atoms with van der Waals surface area (Å²) in [6.07, 6.45) is 25.5. The zero-order chi connectivity index (χ0) is 36.8. The van der Waals surface area contributed by atoms with Gasteiger partial charge >= 0.3 is 0 Å². The van der Waals surface area contributed by atoms with Crippen molar-refractivity contribution in [3.05, 3.63) is 36.5 Å². The Balaban J connectivity index is 2.58. The summed E-state index contributed by atoms with van der Waals surface area (Å²) in [6.45, 7) is 3.50. The summed E-state index contributed by atoms with van der Waals surface area (Å²) in [4.78, 5) is 12.9. The van der Waals surface area contributed by atoms with Crippen molar-refractivity contribution in [3.8, 4) is 0 Å². The predicted molar refractivity (Wildman–Crippen MR) is 199 cm³/mol. The first-order valence-corrected chi connectivity index (χ1v) is 19.8. The van der Waals surface area contributed by atoms with Crippen LogP contribution in [0.5, 0.6) is 0 Å². The molecular weight excluding hydrogens is 638 g/mol. The Morgan fingerprint density at radius 2 is 1.14 bits per heavy atom. The lowest BCUT2D eigenvalue weighted by atomic mass is 9.99. The highest BCUT2D eigenvalue weighted by atomic mass is 16.7. The van der Waals surface area contributed by atoms with Crippen molar-refractivity contribution in [1.82, 2.24) is 5.32 Å². The first kappa shape index (κ1) is 46.4. The van der Waals surface area contributed by atoms with Gasteiger partial charge in [0.2, 0.25) is 0 Å². The molecule has 0 aromatic rings. The minimum atomic E-state index is -1.62. The van der Waals surface area contributed by atoms with Gasteiger partial charge in [-0.3, -0.25) is 4.79 Å². The number of amides is 1. The Morgan fingerprint density at radius 1 is 0.660 bits per heavy atom. The lowest BCUT2D eigenvalue weighted by Gasteiger charge is -2.40. The average molecular weight is 712 g/mol. The van der Waals surface area contributed by atoms with Crippen molar-refractivity contribution in [3.63, 3.8) is 0 Å². The van der Waals surface area contributed by atoms with Crippen LogP contribution < -0.4 is 5.32 Å². The molecule has 0 aromatic carbocycles. The van der Waals surface area contributed by atoms with E-state index >= 15 is 0 Å². The standard InChI is InChI=1S/C40H73NO9/c1-3-5-7-9-11-13-15-17-19-20-22-24-26-28-33(43)32(31-49-40-38(47)37(46)36(45)35(30-42)50-40)41-39(48)34(44)29-27-25-23-21-18-16-14-12-10-8-6-4-2/h19-20,26-29,32-38,40,42-47H,3-18,21-25,30-31H2,1-2H3,(H,41,48)/b20-19+,28-26+,29-27+/t32-,33+,34-,35+,36+,37-,38+,40+/m1/s1. The van der Waals surface area contributed by atoms with E-state index in [0.29, 0.717) is 6.42 Å². The van der Waals surface area contributed by atoms with E-state index in [4.69, 9.17) is 9.47 Å². The number of hydrogen-bond donors (Lipinski definition) is 7. The monoisotopic (exact) mass is 712 g/mol. The van der Waals surface area contributed by atoms with Gasteiger partial charge in [0, 0.05) is 0 Å². The van der Waals surface area contributed by atoms with Gasteiger partial charge in [-0.25, -0.2) is 0 Å². The molecule has 0 unspecified atom stereocenters. The number of carbonyl (C=O) groups is 1.